The predicted molar refractivity (Wildman–Crippen MR) is 53.6 cm³/mol. The van der Waals surface area contributed by atoms with Crippen LogP contribution in [0.15, 0.2) is 12.2 Å². The van der Waals surface area contributed by atoms with Gasteiger partial charge in [-0.3, -0.25) is 4.90 Å². The fraction of sp³-hybridized carbons (Fsp3) is 0.818. The van der Waals surface area contributed by atoms with Crippen LogP contribution in [0.5, 0.6) is 0 Å². The summed E-state index contributed by atoms with van der Waals surface area (Å²) in [5.74, 6) is 0. The Kier molecular flexibility index (Phi) is 2.70. The third kappa shape index (κ3) is 2.32. The average molecular weight is 181 g/mol. The normalized spacial score (nSPS) is 28.1. The Morgan fingerprint density at radius 1 is 1.08 bits per heavy atom. The van der Waals surface area contributed by atoms with E-state index in [2.05, 4.69) is 17.1 Å². The van der Waals surface area contributed by atoms with Gasteiger partial charge in [0, 0.05) is 19.6 Å². The Balaban J connectivity index is 1.84. The molecular weight excluding hydrogens is 162 g/mol. The van der Waals surface area contributed by atoms with Gasteiger partial charge in [0.2, 0.25) is 0 Å². The van der Waals surface area contributed by atoms with Crippen LogP contribution >= 0.6 is 0 Å². The second kappa shape index (κ2) is 3.81. The molecule has 1 heterocycles. The molecule has 0 saturated heterocycles. The van der Waals surface area contributed by atoms with Crippen molar-refractivity contribution in [3.8, 4) is 0 Å². The molecule has 0 amide bonds. The van der Waals surface area contributed by atoms with Crippen LogP contribution < -0.4 is 0 Å². The molecule has 2 heteroatoms. The summed E-state index contributed by atoms with van der Waals surface area (Å²) in [5.41, 5.74) is -0.371. The largest absolute Gasteiger partial charge is 0.389 e. The van der Waals surface area contributed by atoms with Crippen LogP contribution in [0.25, 0.3) is 0 Å². The van der Waals surface area contributed by atoms with Gasteiger partial charge < -0.3 is 5.11 Å². The second-order valence-electron chi connectivity index (χ2n) is 4.45. The Labute approximate surface area is 80.2 Å². The highest BCUT2D eigenvalue weighted by molar-refractivity contribution is 4.98. The lowest BCUT2D eigenvalue weighted by Crippen LogP contribution is -2.43. The molecule has 13 heavy (non-hydrogen) atoms. The van der Waals surface area contributed by atoms with Gasteiger partial charge in [0.25, 0.3) is 0 Å². The van der Waals surface area contributed by atoms with Crippen molar-refractivity contribution < 1.29 is 5.11 Å². The zero-order valence-corrected chi connectivity index (χ0v) is 8.21. The third-order valence-corrected chi connectivity index (χ3v) is 3.20. The van der Waals surface area contributed by atoms with E-state index in [9.17, 15) is 5.11 Å². The van der Waals surface area contributed by atoms with Crippen LogP contribution in [-0.2, 0) is 0 Å². The molecule has 1 aliphatic carbocycles. The van der Waals surface area contributed by atoms with Gasteiger partial charge in [-0.1, -0.05) is 31.4 Å². The molecule has 1 N–H and O–H groups in total. The molecule has 0 aromatic carbocycles. The van der Waals surface area contributed by atoms with E-state index < -0.39 is 0 Å². The number of nitrogens with zero attached hydrogens (tertiary/aromatic N) is 1. The molecule has 0 aromatic heterocycles. The van der Waals surface area contributed by atoms with Crippen LogP contribution in [0.1, 0.15) is 32.1 Å². The fourth-order valence-electron chi connectivity index (χ4n) is 2.44. The van der Waals surface area contributed by atoms with Crippen LogP contribution in [-0.4, -0.2) is 35.2 Å². The first kappa shape index (κ1) is 9.22. The van der Waals surface area contributed by atoms with E-state index in [0.29, 0.717) is 0 Å². The molecule has 2 aliphatic rings. The number of hydrogen-bond donors (Lipinski definition) is 1. The van der Waals surface area contributed by atoms with Gasteiger partial charge in [-0.2, -0.15) is 0 Å². The van der Waals surface area contributed by atoms with Gasteiger partial charge in [0.1, 0.15) is 0 Å². The average Bonchev–Trinajstić information content (AvgIpc) is 2.57. The van der Waals surface area contributed by atoms with Crippen molar-refractivity contribution in [2.24, 2.45) is 0 Å². The molecular formula is C11H19NO. The first-order valence-corrected chi connectivity index (χ1v) is 5.38. The van der Waals surface area contributed by atoms with Crippen molar-refractivity contribution in [3.63, 3.8) is 0 Å². The summed E-state index contributed by atoms with van der Waals surface area (Å²) in [6.45, 7) is 2.94. The Bertz CT molecular complexity index is 186. The maximum absolute atomic E-state index is 10.3. The smallest absolute Gasteiger partial charge is 0.0774 e. The molecule has 2 nitrogen and oxygen atoms in total. The molecule has 0 atom stereocenters. The van der Waals surface area contributed by atoms with Crippen molar-refractivity contribution >= 4 is 0 Å². The number of hydrogen-bond acceptors (Lipinski definition) is 2. The van der Waals surface area contributed by atoms with Gasteiger partial charge in [0.15, 0.2) is 0 Å². The molecule has 2 rings (SSSR count). The van der Waals surface area contributed by atoms with Crippen LogP contribution in [0.4, 0.5) is 0 Å². The van der Waals surface area contributed by atoms with E-state index in [0.717, 1.165) is 32.5 Å². The van der Waals surface area contributed by atoms with Crippen LogP contribution in [0.2, 0.25) is 0 Å². The lowest BCUT2D eigenvalue weighted by atomic mass is 9.84. The van der Waals surface area contributed by atoms with Crippen molar-refractivity contribution in [1.82, 2.24) is 4.90 Å². The van der Waals surface area contributed by atoms with E-state index in [4.69, 9.17) is 0 Å². The zero-order chi connectivity index (χ0) is 9.15. The fourth-order valence-corrected chi connectivity index (χ4v) is 2.44. The van der Waals surface area contributed by atoms with Crippen molar-refractivity contribution in [2.75, 3.05) is 19.6 Å². The summed E-state index contributed by atoms with van der Waals surface area (Å²) < 4.78 is 0. The lowest BCUT2D eigenvalue weighted by Gasteiger charge is -2.35. The molecule has 0 unspecified atom stereocenters. The Morgan fingerprint density at radius 3 is 2.31 bits per heavy atom. The van der Waals surface area contributed by atoms with E-state index in [1.54, 1.807) is 0 Å². The standard InChI is InChI=1S/C11H19NO/c13-11(6-2-1-3-7-11)10-12-8-4-5-9-12/h4-5,13H,1-3,6-10H2. The van der Waals surface area contributed by atoms with Crippen molar-refractivity contribution in [2.45, 2.75) is 37.7 Å². The van der Waals surface area contributed by atoms with E-state index in [-0.39, 0.29) is 5.60 Å². The predicted octanol–water partition coefficient (Wildman–Crippen LogP) is 1.55. The Hall–Kier alpha value is -0.340. The molecule has 0 radical (unpaired) electrons. The topological polar surface area (TPSA) is 23.5 Å². The summed E-state index contributed by atoms with van der Waals surface area (Å²) in [6, 6.07) is 0. The van der Waals surface area contributed by atoms with Gasteiger partial charge in [0.05, 0.1) is 5.60 Å². The van der Waals surface area contributed by atoms with Gasteiger partial charge in [-0.15, -0.1) is 0 Å². The molecule has 1 saturated carbocycles. The molecule has 0 spiro atoms. The molecule has 1 fully saturated rings. The highest BCUT2D eigenvalue weighted by Crippen LogP contribution is 2.29. The summed E-state index contributed by atoms with van der Waals surface area (Å²) >= 11 is 0. The van der Waals surface area contributed by atoms with E-state index in [1.807, 2.05) is 0 Å². The zero-order valence-electron chi connectivity index (χ0n) is 8.21. The molecule has 0 bridgehead atoms. The first-order chi connectivity index (χ1) is 6.29. The minimum absolute atomic E-state index is 0.371. The second-order valence-corrected chi connectivity index (χ2v) is 4.45. The van der Waals surface area contributed by atoms with Gasteiger partial charge in [-0.25, -0.2) is 0 Å². The molecule has 74 valence electrons. The van der Waals surface area contributed by atoms with Gasteiger partial charge in [-0.05, 0) is 12.8 Å². The number of β-amino-alcohol motifs (C(OH)–C–C–N with tert-alkyl or cyclic N) is 1. The Morgan fingerprint density at radius 2 is 1.69 bits per heavy atom. The highest BCUT2D eigenvalue weighted by atomic mass is 16.3. The van der Waals surface area contributed by atoms with Crippen LogP contribution in [0, 0.1) is 0 Å². The van der Waals surface area contributed by atoms with Crippen molar-refractivity contribution in [3.05, 3.63) is 12.2 Å². The third-order valence-electron chi connectivity index (χ3n) is 3.20. The minimum atomic E-state index is -0.371. The van der Waals surface area contributed by atoms with Crippen molar-refractivity contribution in [1.29, 1.82) is 0 Å². The summed E-state index contributed by atoms with van der Waals surface area (Å²) in [6.07, 6.45) is 10.1. The maximum Gasteiger partial charge on any atom is 0.0774 e. The van der Waals surface area contributed by atoms with E-state index >= 15 is 0 Å². The summed E-state index contributed by atoms with van der Waals surface area (Å²) in [5, 5.41) is 10.3. The number of aliphatic hydroxyl groups is 1. The monoisotopic (exact) mass is 181 g/mol. The minimum Gasteiger partial charge on any atom is -0.389 e. The number of rotatable bonds is 2. The summed E-state index contributed by atoms with van der Waals surface area (Å²) in [4.78, 5) is 2.32. The molecule has 1 aliphatic heterocycles. The SMILES string of the molecule is OC1(CN2CC=CC2)CCCCC1. The van der Waals surface area contributed by atoms with E-state index in [1.165, 1.54) is 19.3 Å². The molecule has 0 aromatic rings. The maximum atomic E-state index is 10.3. The highest BCUT2D eigenvalue weighted by Gasteiger charge is 2.31. The lowest BCUT2D eigenvalue weighted by molar-refractivity contribution is -0.0203. The first-order valence-electron chi connectivity index (χ1n) is 5.38. The quantitative estimate of drug-likeness (QED) is 0.653. The summed E-state index contributed by atoms with van der Waals surface area (Å²) in [7, 11) is 0. The van der Waals surface area contributed by atoms with Crippen LogP contribution in [0.3, 0.4) is 0 Å². The van der Waals surface area contributed by atoms with Gasteiger partial charge >= 0.3 is 0 Å².